The van der Waals surface area contributed by atoms with Gasteiger partial charge in [0.1, 0.15) is 11.6 Å². The minimum absolute atomic E-state index is 0.0300. The molecule has 0 aromatic heterocycles. The highest BCUT2D eigenvalue weighted by atomic mass is 19.1. The van der Waals surface area contributed by atoms with Gasteiger partial charge in [0.15, 0.2) is 0 Å². The molecule has 0 aliphatic carbocycles. The van der Waals surface area contributed by atoms with Crippen LogP contribution in [-0.4, -0.2) is 16.2 Å². The summed E-state index contributed by atoms with van der Waals surface area (Å²) in [5.74, 6) is -2.42. The van der Waals surface area contributed by atoms with Crippen molar-refractivity contribution in [2.24, 2.45) is 0 Å². The third-order valence-corrected chi connectivity index (χ3v) is 2.10. The molecule has 0 saturated heterocycles. The van der Waals surface area contributed by atoms with Crippen molar-refractivity contribution in [3.8, 4) is 5.75 Å². The summed E-state index contributed by atoms with van der Waals surface area (Å²) >= 11 is 0. The van der Waals surface area contributed by atoms with Crippen molar-refractivity contribution in [3.05, 3.63) is 29.1 Å². The maximum Gasteiger partial charge on any atom is 0.338 e. The van der Waals surface area contributed by atoms with E-state index in [1.807, 2.05) is 0 Å². The summed E-state index contributed by atoms with van der Waals surface area (Å²) in [6.07, 6.45) is 0. The fourth-order valence-electron chi connectivity index (χ4n) is 1.44. The van der Waals surface area contributed by atoms with Gasteiger partial charge in [-0.05, 0) is 17.5 Å². The number of carboxylic acid groups (broad SMARTS) is 1. The summed E-state index contributed by atoms with van der Waals surface area (Å²) in [5, 5.41) is 18.2. The highest BCUT2D eigenvalue weighted by molar-refractivity contribution is 5.88. The summed E-state index contributed by atoms with van der Waals surface area (Å²) in [4.78, 5) is 10.7. The highest BCUT2D eigenvalue weighted by Crippen LogP contribution is 2.34. The van der Waals surface area contributed by atoms with Crippen molar-refractivity contribution >= 4 is 5.97 Å². The first kappa shape index (κ1) is 11.5. The van der Waals surface area contributed by atoms with Gasteiger partial charge >= 0.3 is 5.97 Å². The molecule has 0 radical (unpaired) electrons. The van der Waals surface area contributed by atoms with E-state index in [1.165, 1.54) is 6.07 Å². The van der Waals surface area contributed by atoms with E-state index in [0.29, 0.717) is 0 Å². The molecule has 0 atom stereocenters. The predicted octanol–water partition coefficient (Wildman–Crippen LogP) is 2.53. The van der Waals surface area contributed by atoms with Gasteiger partial charge in [-0.25, -0.2) is 9.18 Å². The van der Waals surface area contributed by atoms with Crippen LogP contribution in [0.2, 0.25) is 0 Å². The molecule has 1 aromatic carbocycles. The minimum Gasteiger partial charge on any atom is -0.508 e. The molecular formula is C11H13FO3. The topological polar surface area (TPSA) is 57.5 Å². The zero-order chi connectivity index (χ0) is 11.8. The molecule has 1 aromatic rings. The monoisotopic (exact) mass is 212 g/mol. The molecule has 0 spiro atoms. The first-order valence-corrected chi connectivity index (χ1v) is 4.50. The van der Waals surface area contributed by atoms with Gasteiger partial charge in [0.25, 0.3) is 0 Å². The van der Waals surface area contributed by atoms with Crippen LogP contribution in [0.15, 0.2) is 12.1 Å². The summed E-state index contributed by atoms with van der Waals surface area (Å²) in [6.45, 7) is 5.12. The Morgan fingerprint density at radius 2 is 1.87 bits per heavy atom. The van der Waals surface area contributed by atoms with Crippen molar-refractivity contribution in [1.29, 1.82) is 0 Å². The summed E-state index contributed by atoms with van der Waals surface area (Å²) in [5.41, 5.74) is -1.03. The summed E-state index contributed by atoms with van der Waals surface area (Å²) in [6, 6.07) is 2.26. The Hall–Kier alpha value is -1.58. The van der Waals surface area contributed by atoms with Crippen LogP contribution in [0, 0.1) is 5.82 Å². The molecule has 3 nitrogen and oxygen atoms in total. The third kappa shape index (κ3) is 2.09. The van der Waals surface area contributed by atoms with E-state index in [-0.39, 0.29) is 11.3 Å². The van der Waals surface area contributed by atoms with Crippen LogP contribution in [-0.2, 0) is 5.41 Å². The van der Waals surface area contributed by atoms with Crippen LogP contribution in [0.25, 0.3) is 0 Å². The Balaban J connectivity index is 3.51. The van der Waals surface area contributed by atoms with Gasteiger partial charge in [-0.1, -0.05) is 20.8 Å². The van der Waals surface area contributed by atoms with E-state index in [4.69, 9.17) is 5.11 Å². The SMILES string of the molecule is CC(C)(C)c1c(O)ccc(C(=O)O)c1F. The van der Waals surface area contributed by atoms with Crippen molar-refractivity contribution in [2.75, 3.05) is 0 Å². The smallest absolute Gasteiger partial charge is 0.338 e. The van der Waals surface area contributed by atoms with Crippen LogP contribution in [0.5, 0.6) is 5.75 Å². The number of benzene rings is 1. The molecule has 0 aliphatic heterocycles. The maximum absolute atomic E-state index is 13.7. The lowest BCUT2D eigenvalue weighted by Crippen LogP contribution is -2.16. The van der Waals surface area contributed by atoms with Gasteiger partial charge < -0.3 is 10.2 Å². The molecule has 2 N–H and O–H groups in total. The quantitative estimate of drug-likeness (QED) is 0.752. The zero-order valence-electron chi connectivity index (χ0n) is 8.84. The largest absolute Gasteiger partial charge is 0.508 e. The normalized spacial score (nSPS) is 11.5. The van der Waals surface area contributed by atoms with Crippen molar-refractivity contribution in [2.45, 2.75) is 26.2 Å². The average molecular weight is 212 g/mol. The molecule has 0 fully saturated rings. The Bertz CT molecular complexity index is 405. The van der Waals surface area contributed by atoms with Crippen molar-refractivity contribution < 1.29 is 19.4 Å². The van der Waals surface area contributed by atoms with Crippen LogP contribution in [0.3, 0.4) is 0 Å². The van der Waals surface area contributed by atoms with E-state index in [2.05, 4.69) is 0 Å². The Kier molecular flexibility index (Phi) is 2.71. The number of rotatable bonds is 1. The van der Waals surface area contributed by atoms with Crippen LogP contribution < -0.4 is 0 Å². The third-order valence-electron chi connectivity index (χ3n) is 2.10. The highest BCUT2D eigenvalue weighted by Gasteiger charge is 2.26. The Morgan fingerprint density at radius 3 is 2.27 bits per heavy atom. The second-order valence-corrected chi connectivity index (χ2v) is 4.38. The number of aromatic hydroxyl groups is 1. The number of hydrogen-bond acceptors (Lipinski definition) is 2. The van der Waals surface area contributed by atoms with Gasteiger partial charge in [-0.2, -0.15) is 0 Å². The van der Waals surface area contributed by atoms with Crippen LogP contribution >= 0.6 is 0 Å². The molecule has 0 aliphatic rings. The molecule has 82 valence electrons. The summed E-state index contributed by atoms with van der Waals surface area (Å²) < 4.78 is 13.7. The van der Waals surface area contributed by atoms with Crippen LogP contribution in [0.1, 0.15) is 36.7 Å². The van der Waals surface area contributed by atoms with Gasteiger partial charge in [-0.3, -0.25) is 0 Å². The maximum atomic E-state index is 13.7. The first-order chi connectivity index (χ1) is 6.75. The van der Waals surface area contributed by atoms with E-state index in [1.54, 1.807) is 20.8 Å². The number of phenols is 1. The Morgan fingerprint density at radius 1 is 1.33 bits per heavy atom. The fourth-order valence-corrected chi connectivity index (χ4v) is 1.44. The molecule has 1 rings (SSSR count). The zero-order valence-corrected chi connectivity index (χ0v) is 8.84. The van der Waals surface area contributed by atoms with Crippen molar-refractivity contribution in [1.82, 2.24) is 0 Å². The molecule has 0 saturated carbocycles. The lowest BCUT2D eigenvalue weighted by atomic mass is 9.85. The molecule has 0 unspecified atom stereocenters. The number of aromatic carboxylic acids is 1. The first-order valence-electron chi connectivity index (χ1n) is 4.50. The molecular weight excluding hydrogens is 199 g/mol. The van der Waals surface area contributed by atoms with Crippen LogP contribution in [0.4, 0.5) is 4.39 Å². The van der Waals surface area contributed by atoms with Gasteiger partial charge in [0, 0.05) is 5.56 Å². The number of phenolic OH excluding ortho intramolecular Hbond substituents is 1. The Labute approximate surface area is 87.2 Å². The molecule has 0 bridgehead atoms. The lowest BCUT2D eigenvalue weighted by molar-refractivity contribution is 0.0691. The molecule has 4 heteroatoms. The standard InChI is InChI=1S/C11H13FO3/c1-11(2,3)8-7(13)5-4-6(9(8)12)10(14)15/h4-5,13H,1-3H3,(H,14,15). The number of halogens is 1. The van der Waals surface area contributed by atoms with E-state index >= 15 is 0 Å². The van der Waals surface area contributed by atoms with Gasteiger partial charge in [0.2, 0.25) is 0 Å². The fraction of sp³-hybridized carbons (Fsp3) is 0.364. The lowest BCUT2D eigenvalue weighted by Gasteiger charge is -2.21. The molecule has 15 heavy (non-hydrogen) atoms. The second-order valence-electron chi connectivity index (χ2n) is 4.38. The summed E-state index contributed by atoms with van der Waals surface area (Å²) in [7, 11) is 0. The van der Waals surface area contributed by atoms with E-state index in [9.17, 15) is 14.3 Å². The number of carboxylic acids is 1. The van der Waals surface area contributed by atoms with Gasteiger partial charge in [-0.15, -0.1) is 0 Å². The van der Waals surface area contributed by atoms with Gasteiger partial charge in [0.05, 0.1) is 5.56 Å². The number of hydrogen-bond donors (Lipinski definition) is 2. The van der Waals surface area contributed by atoms with Crippen molar-refractivity contribution in [3.63, 3.8) is 0 Å². The average Bonchev–Trinajstić information content (AvgIpc) is 2.00. The predicted molar refractivity (Wildman–Crippen MR) is 53.7 cm³/mol. The minimum atomic E-state index is -1.34. The van der Waals surface area contributed by atoms with E-state index < -0.39 is 22.8 Å². The molecule has 0 heterocycles. The number of carbonyl (C=O) groups is 1. The second kappa shape index (κ2) is 3.53. The molecule has 0 amide bonds. The van der Waals surface area contributed by atoms with E-state index in [0.717, 1.165) is 6.07 Å².